The molecule has 3 aromatic carbocycles. The van der Waals surface area contributed by atoms with Crippen molar-refractivity contribution >= 4 is 11.1 Å². The van der Waals surface area contributed by atoms with Crippen LogP contribution in [-0.4, -0.2) is 33.4 Å². The summed E-state index contributed by atoms with van der Waals surface area (Å²) in [6.07, 6.45) is 14.9. The first kappa shape index (κ1) is 38.1. The van der Waals surface area contributed by atoms with E-state index in [0.29, 0.717) is 0 Å². The van der Waals surface area contributed by atoms with Crippen LogP contribution in [0.5, 0.6) is 17.2 Å². The first-order chi connectivity index (χ1) is 21.1. The Bertz CT molecular complexity index is 1330. The van der Waals surface area contributed by atoms with Crippen molar-refractivity contribution in [1.29, 1.82) is 0 Å². The normalized spacial score (nSPS) is 10.5. The molecule has 0 atom stereocenters. The summed E-state index contributed by atoms with van der Waals surface area (Å²) in [5, 5.41) is 33.3. The van der Waals surface area contributed by atoms with Gasteiger partial charge in [-0.05, 0) is 102 Å². The average molecular weight is 809 g/mol. The second-order valence-corrected chi connectivity index (χ2v) is 11.2. The topological polar surface area (TPSA) is 85.6 Å². The van der Waals surface area contributed by atoms with Gasteiger partial charge in [-0.3, -0.25) is 4.98 Å². The molecule has 0 amide bonds. The Morgan fingerprint density at radius 3 is 1.49 bits per heavy atom. The third-order valence-corrected chi connectivity index (χ3v) is 7.89. The number of benzene rings is 3. The zero-order chi connectivity index (χ0) is 30.1. The van der Waals surface area contributed by atoms with Crippen LogP contribution in [0.2, 0.25) is 0 Å². The summed E-state index contributed by atoms with van der Waals surface area (Å²) in [5.41, 5.74) is 6.52. The van der Waals surface area contributed by atoms with E-state index in [1.54, 1.807) is 36.4 Å². The summed E-state index contributed by atoms with van der Waals surface area (Å²) in [5.74, 6) is 0.706. The second-order valence-electron chi connectivity index (χ2n) is 11.2. The van der Waals surface area contributed by atoms with E-state index in [9.17, 15) is 15.3 Å². The fourth-order valence-corrected chi connectivity index (χ4v) is 5.52. The number of halogens is 1. The minimum Gasteiger partial charge on any atom is -1.00 e. The summed E-state index contributed by atoms with van der Waals surface area (Å²) >= 11 is 0. The van der Waals surface area contributed by atoms with Gasteiger partial charge in [0.25, 0.3) is 0 Å². The van der Waals surface area contributed by atoms with E-state index in [4.69, 9.17) is 0 Å². The van der Waals surface area contributed by atoms with Crippen molar-refractivity contribution in [2.75, 3.05) is 13.1 Å². The molecule has 0 bridgehead atoms. The number of pyridine rings is 1. The predicted octanol–water partition coefficient (Wildman–Crippen LogP) is 5.89. The molecule has 0 spiro atoms. The molecule has 242 valence electrons. The molecule has 7 heteroatoms. The quantitative estimate of drug-likeness (QED) is 0.0745. The first-order valence-electron chi connectivity index (χ1n) is 15.8. The van der Waals surface area contributed by atoms with Crippen LogP contribution in [0.15, 0.2) is 97.2 Å². The standard InChI is InChI=1S/C38H46N2O3.ClH.Pt/c41-34-20-14-30(15-21-34)37(38(31-16-22-35(42)23-17-31)32-18-24-36(43)25-19-32)13-8-6-4-2-1-3-5-7-10-27-39-29-26-33-12-9-11-28-40-33;;/h9,11-12,14-25,28,39,41-43H,1-8,10,13,26-27,29H2;1H;/q;;+2/p-1. The molecule has 4 N–H and O–H groups in total. The molecule has 1 heterocycles. The number of aromatic nitrogens is 1. The summed E-state index contributed by atoms with van der Waals surface area (Å²) in [4.78, 5) is 4.37. The van der Waals surface area contributed by atoms with E-state index >= 15 is 0 Å². The third kappa shape index (κ3) is 13.4. The summed E-state index contributed by atoms with van der Waals surface area (Å²) in [6, 6.07) is 28.1. The van der Waals surface area contributed by atoms with Crippen molar-refractivity contribution < 1.29 is 48.8 Å². The van der Waals surface area contributed by atoms with Gasteiger partial charge in [-0.2, -0.15) is 0 Å². The van der Waals surface area contributed by atoms with Gasteiger partial charge in [0.05, 0.1) is 0 Å². The number of unbranched alkanes of at least 4 members (excludes halogenated alkanes) is 8. The SMILES string of the molecule is Oc1ccc(C(CCCCCCCCCCCNCCc2ccccn2)=C(c2ccc(O)cc2)c2ccc(O)cc2)cc1.[Cl-].[Pt+2]. The number of phenolic OH excluding ortho intramolecular Hbond substituents is 3. The molecule has 0 radical (unpaired) electrons. The van der Waals surface area contributed by atoms with Gasteiger partial charge in [0, 0.05) is 24.9 Å². The van der Waals surface area contributed by atoms with Crippen molar-refractivity contribution in [2.24, 2.45) is 0 Å². The monoisotopic (exact) mass is 808 g/mol. The molecule has 5 nitrogen and oxygen atoms in total. The number of allylic oxidation sites excluding steroid dienone is 1. The maximum Gasteiger partial charge on any atom is 2.00 e. The Balaban J connectivity index is 0.00000353. The molecule has 1 aromatic heterocycles. The summed E-state index contributed by atoms with van der Waals surface area (Å²) in [6.45, 7) is 2.08. The number of phenols is 3. The molecule has 4 aromatic rings. The Kier molecular flexibility index (Phi) is 18.3. The van der Waals surface area contributed by atoms with E-state index in [-0.39, 0.29) is 50.7 Å². The fourth-order valence-electron chi connectivity index (χ4n) is 5.52. The largest absolute Gasteiger partial charge is 2.00 e. The molecular formula is C38H46ClN2O3Pt+. The van der Waals surface area contributed by atoms with E-state index in [1.165, 1.54) is 56.9 Å². The van der Waals surface area contributed by atoms with E-state index in [2.05, 4.69) is 16.4 Å². The predicted molar refractivity (Wildman–Crippen MR) is 177 cm³/mol. The molecule has 0 aliphatic rings. The van der Waals surface area contributed by atoms with Crippen LogP contribution in [-0.2, 0) is 27.5 Å². The van der Waals surface area contributed by atoms with E-state index < -0.39 is 0 Å². The van der Waals surface area contributed by atoms with Crippen molar-refractivity contribution in [3.8, 4) is 17.2 Å². The molecule has 0 saturated carbocycles. The molecular weight excluding hydrogens is 763 g/mol. The summed E-state index contributed by atoms with van der Waals surface area (Å²) < 4.78 is 0. The Morgan fingerprint density at radius 2 is 1.00 bits per heavy atom. The number of aromatic hydroxyl groups is 3. The van der Waals surface area contributed by atoms with Gasteiger partial charge < -0.3 is 33.0 Å². The fraction of sp³-hybridized carbons (Fsp3) is 0.342. The van der Waals surface area contributed by atoms with Crippen LogP contribution in [0, 0.1) is 0 Å². The van der Waals surface area contributed by atoms with E-state index in [0.717, 1.165) is 60.3 Å². The van der Waals surface area contributed by atoms with Crippen LogP contribution in [0.1, 0.15) is 86.6 Å². The maximum atomic E-state index is 9.93. The second kappa shape index (κ2) is 21.6. The van der Waals surface area contributed by atoms with Gasteiger partial charge in [-0.15, -0.1) is 0 Å². The van der Waals surface area contributed by atoms with Gasteiger partial charge >= 0.3 is 21.1 Å². The third-order valence-electron chi connectivity index (χ3n) is 7.89. The first-order valence-corrected chi connectivity index (χ1v) is 15.8. The van der Waals surface area contributed by atoms with Gasteiger partial charge in [-0.25, -0.2) is 0 Å². The van der Waals surface area contributed by atoms with Crippen molar-refractivity contribution in [3.05, 3.63) is 120 Å². The maximum absolute atomic E-state index is 9.93. The minimum absolute atomic E-state index is 0. The Morgan fingerprint density at radius 1 is 0.533 bits per heavy atom. The number of nitrogens with one attached hydrogen (secondary N) is 1. The van der Waals surface area contributed by atoms with Crippen LogP contribution >= 0.6 is 0 Å². The average Bonchev–Trinajstić information content (AvgIpc) is 3.03. The van der Waals surface area contributed by atoms with Crippen molar-refractivity contribution in [2.45, 2.75) is 70.6 Å². The molecule has 4 rings (SSSR count). The molecule has 0 saturated heterocycles. The number of rotatable bonds is 18. The zero-order valence-corrected chi connectivity index (χ0v) is 28.9. The van der Waals surface area contributed by atoms with Crippen LogP contribution in [0.25, 0.3) is 11.1 Å². The molecule has 0 unspecified atom stereocenters. The zero-order valence-electron chi connectivity index (χ0n) is 25.9. The van der Waals surface area contributed by atoms with Crippen molar-refractivity contribution in [1.82, 2.24) is 10.3 Å². The summed E-state index contributed by atoms with van der Waals surface area (Å²) in [7, 11) is 0. The van der Waals surface area contributed by atoms with Crippen molar-refractivity contribution in [3.63, 3.8) is 0 Å². The minimum atomic E-state index is 0. The Labute approximate surface area is 289 Å². The van der Waals surface area contributed by atoms with Crippen LogP contribution in [0.4, 0.5) is 0 Å². The number of hydrogen-bond donors (Lipinski definition) is 4. The molecule has 45 heavy (non-hydrogen) atoms. The van der Waals surface area contributed by atoms with Gasteiger partial charge in [-0.1, -0.05) is 87.4 Å². The number of hydrogen-bond acceptors (Lipinski definition) is 5. The molecule has 0 fully saturated rings. The van der Waals surface area contributed by atoms with Gasteiger partial charge in [0.1, 0.15) is 17.2 Å². The van der Waals surface area contributed by atoms with Gasteiger partial charge in [0.2, 0.25) is 0 Å². The van der Waals surface area contributed by atoms with Crippen LogP contribution in [0.3, 0.4) is 0 Å². The molecule has 0 aliphatic heterocycles. The smallest absolute Gasteiger partial charge is 1.00 e. The van der Waals surface area contributed by atoms with Crippen LogP contribution < -0.4 is 17.7 Å². The molecule has 0 aliphatic carbocycles. The van der Waals surface area contributed by atoms with Gasteiger partial charge in [0.15, 0.2) is 0 Å². The van der Waals surface area contributed by atoms with E-state index in [1.807, 2.05) is 54.7 Å². The number of nitrogens with zero attached hydrogens (tertiary/aromatic N) is 1. The Hall–Kier alpha value is -3.11.